The second-order valence-electron chi connectivity index (χ2n) is 8.51. The van der Waals surface area contributed by atoms with Gasteiger partial charge in [-0.2, -0.15) is 0 Å². The first kappa shape index (κ1) is 20.4. The highest BCUT2D eigenvalue weighted by molar-refractivity contribution is 5.92. The molecule has 1 aliphatic heterocycles. The molecule has 152 valence electrons. The van der Waals surface area contributed by atoms with Crippen LogP contribution < -0.4 is 9.47 Å². The smallest absolute Gasteiger partial charge is 0.336 e. The lowest BCUT2D eigenvalue weighted by Gasteiger charge is -2.27. The van der Waals surface area contributed by atoms with Crippen LogP contribution >= 0.6 is 0 Å². The minimum Gasteiger partial charge on any atom is -0.489 e. The number of carbonyl (C=O) groups excluding carboxylic acids is 1. The summed E-state index contributed by atoms with van der Waals surface area (Å²) in [5.74, 6) is -0.266. The summed E-state index contributed by atoms with van der Waals surface area (Å²) >= 11 is 0. The number of esters is 1. The van der Waals surface area contributed by atoms with Crippen molar-refractivity contribution in [3.8, 4) is 11.5 Å². The van der Waals surface area contributed by atoms with E-state index in [2.05, 4.69) is 26.8 Å². The van der Waals surface area contributed by atoms with Gasteiger partial charge >= 0.3 is 11.9 Å². The van der Waals surface area contributed by atoms with Crippen molar-refractivity contribution in [1.82, 2.24) is 0 Å². The number of rotatable bonds is 7. The molecule has 3 rings (SSSR count). The number of carboxylic acids is 1. The van der Waals surface area contributed by atoms with Crippen LogP contribution in [0.4, 0.5) is 0 Å². The molecule has 0 radical (unpaired) electrons. The quantitative estimate of drug-likeness (QED) is 0.400. The van der Waals surface area contributed by atoms with Gasteiger partial charge in [-0.3, -0.25) is 0 Å². The number of benzene rings is 1. The lowest BCUT2D eigenvalue weighted by molar-refractivity contribution is -0.133. The van der Waals surface area contributed by atoms with Gasteiger partial charge in [-0.1, -0.05) is 40.0 Å². The maximum atomic E-state index is 12.2. The predicted octanol–water partition coefficient (Wildman–Crippen LogP) is 5.12. The van der Waals surface area contributed by atoms with Gasteiger partial charge in [0.1, 0.15) is 17.6 Å². The van der Waals surface area contributed by atoms with E-state index in [9.17, 15) is 9.59 Å². The van der Waals surface area contributed by atoms with Crippen LogP contribution in [0, 0.1) is 0 Å². The Labute approximate surface area is 166 Å². The monoisotopic (exact) mass is 386 g/mol. The Hall–Kier alpha value is -2.30. The summed E-state index contributed by atoms with van der Waals surface area (Å²) in [5.41, 5.74) is 1.99. The normalized spacial score (nSPS) is 21.1. The molecule has 0 spiro atoms. The standard InChI is InChI=1S/C23H30O5/c1-4-5-12-23(2,3)15-13-18-22(16-8-6-7-9-17(16)27-18)19(14-15)28-21(26)11-10-20(24)25/h10-11,13-14,16-17H,4-9,12H2,1-3H3,(H,24,25). The Bertz CT molecular complexity index is 777. The van der Waals surface area contributed by atoms with Gasteiger partial charge in [-0.25, -0.2) is 9.59 Å². The van der Waals surface area contributed by atoms with Gasteiger partial charge in [0, 0.05) is 23.6 Å². The molecule has 1 N–H and O–H groups in total. The van der Waals surface area contributed by atoms with Crippen molar-refractivity contribution in [1.29, 1.82) is 0 Å². The van der Waals surface area contributed by atoms with Crippen molar-refractivity contribution in [2.45, 2.75) is 83.2 Å². The van der Waals surface area contributed by atoms with Crippen molar-refractivity contribution < 1.29 is 24.2 Å². The van der Waals surface area contributed by atoms with E-state index in [0.29, 0.717) is 5.75 Å². The summed E-state index contributed by atoms with van der Waals surface area (Å²) < 4.78 is 11.9. The van der Waals surface area contributed by atoms with Crippen LogP contribution in [-0.4, -0.2) is 23.1 Å². The summed E-state index contributed by atoms with van der Waals surface area (Å²) in [6.45, 7) is 6.57. The molecule has 2 unspecified atom stereocenters. The number of carboxylic acid groups (broad SMARTS) is 1. The summed E-state index contributed by atoms with van der Waals surface area (Å²) in [6.07, 6.45) is 9.50. The second kappa shape index (κ2) is 8.38. The first-order valence-corrected chi connectivity index (χ1v) is 10.3. The fraction of sp³-hybridized carbons (Fsp3) is 0.565. The predicted molar refractivity (Wildman–Crippen MR) is 107 cm³/mol. The largest absolute Gasteiger partial charge is 0.489 e. The highest BCUT2D eigenvalue weighted by Gasteiger charge is 2.40. The fourth-order valence-corrected chi connectivity index (χ4v) is 4.32. The molecule has 1 saturated carbocycles. The number of fused-ring (bicyclic) bond motifs is 3. The Morgan fingerprint density at radius 2 is 2.00 bits per heavy atom. The SMILES string of the molecule is CCCCC(C)(C)c1cc(OC(=O)C=CC(=O)O)c2c(c1)OC1CCCCC21. The second-order valence-corrected chi connectivity index (χ2v) is 8.51. The minimum atomic E-state index is -1.17. The van der Waals surface area contributed by atoms with E-state index in [1.807, 2.05) is 6.07 Å². The molecule has 0 saturated heterocycles. The van der Waals surface area contributed by atoms with Gasteiger partial charge in [0.2, 0.25) is 0 Å². The topological polar surface area (TPSA) is 72.8 Å². The number of hydrogen-bond donors (Lipinski definition) is 1. The number of hydrogen-bond acceptors (Lipinski definition) is 4. The molecule has 0 bridgehead atoms. The maximum Gasteiger partial charge on any atom is 0.336 e. The van der Waals surface area contributed by atoms with Crippen LogP contribution in [0.3, 0.4) is 0 Å². The molecular formula is C23H30O5. The van der Waals surface area contributed by atoms with E-state index < -0.39 is 11.9 Å². The van der Waals surface area contributed by atoms with Crippen molar-refractivity contribution >= 4 is 11.9 Å². The van der Waals surface area contributed by atoms with Crippen molar-refractivity contribution in [2.75, 3.05) is 0 Å². The molecule has 2 aliphatic rings. The van der Waals surface area contributed by atoms with Gasteiger partial charge < -0.3 is 14.6 Å². The molecule has 2 atom stereocenters. The lowest BCUT2D eigenvalue weighted by atomic mass is 9.78. The van der Waals surface area contributed by atoms with E-state index in [1.54, 1.807) is 0 Å². The summed E-state index contributed by atoms with van der Waals surface area (Å²) in [5, 5.41) is 8.76. The fourth-order valence-electron chi connectivity index (χ4n) is 4.32. The van der Waals surface area contributed by atoms with Crippen molar-refractivity contribution in [2.24, 2.45) is 0 Å². The molecular weight excluding hydrogens is 356 g/mol. The Morgan fingerprint density at radius 1 is 1.25 bits per heavy atom. The third kappa shape index (κ3) is 4.40. The highest BCUT2D eigenvalue weighted by atomic mass is 16.5. The van der Waals surface area contributed by atoms with Crippen molar-refractivity contribution in [3.05, 3.63) is 35.4 Å². The van der Waals surface area contributed by atoms with Gasteiger partial charge in [0.15, 0.2) is 0 Å². The molecule has 0 aromatic heterocycles. The van der Waals surface area contributed by atoms with Gasteiger partial charge in [0.05, 0.1) is 0 Å². The maximum absolute atomic E-state index is 12.2. The van der Waals surface area contributed by atoms with Gasteiger partial charge in [0.25, 0.3) is 0 Å². The molecule has 5 heteroatoms. The molecule has 1 aromatic rings. The Morgan fingerprint density at radius 3 is 2.71 bits per heavy atom. The Balaban J connectivity index is 1.98. The van der Waals surface area contributed by atoms with Crippen LogP contribution in [0.15, 0.2) is 24.3 Å². The molecule has 1 fully saturated rings. The van der Waals surface area contributed by atoms with E-state index in [0.717, 1.165) is 74.0 Å². The first-order chi connectivity index (χ1) is 13.3. The third-order valence-corrected chi connectivity index (χ3v) is 5.97. The zero-order valence-electron chi connectivity index (χ0n) is 17.0. The molecule has 1 aromatic carbocycles. The molecule has 5 nitrogen and oxygen atoms in total. The Kier molecular flexibility index (Phi) is 6.11. The third-order valence-electron chi connectivity index (χ3n) is 5.97. The van der Waals surface area contributed by atoms with Crippen LogP contribution in [0.5, 0.6) is 11.5 Å². The lowest BCUT2D eigenvalue weighted by Crippen LogP contribution is -2.22. The number of aliphatic carboxylic acids is 1. The average molecular weight is 386 g/mol. The zero-order valence-corrected chi connectivity index (χ0v) is 17.0. The summed E-state index contributed by atoms with van der Waals surface area (Å²) in [6, 6.07) is 4.08. The molecule has 28 heavy (non-hydrogen) atoms. The van der Waals surface area contributed by atoms with Gasteiger partial charge in [-0.05, 0) is 48.8 Å². The van der Waals surface area contributed by atoms with Crippen LogP contribution in [-0.2, 0) is 15.0 Å². The molecule has 1 aliphatic carbocycles. The number of ether oxygens (including phenoxy) is 2. The molecule has 0 amide bonds. The summed E-state index contributed by atoms with van der Waals surface area (Å²) in [4.78, 5) is 22.9. The van der Waals surface area contributed by atoms with Crippen LogP contribution in [0.25, 0.3) is 0 Å². The first-order valence-electron chi connectivity index (χ1n) is 10.3. The average Bonchev–Trinajstić information content (AvgIpc) is 3.03. The highest BCUT2D eigenvalue weighted by Crippen LogP contribution is 2.51. The van der Waals surface area contributed by atoms with Gasteiger partial charge in [-0.15, -0.1) is 0 Å². The molecule has 1 heterocycles. The van der Waals surface area contributed by atoms with E-state index in [1.165, 1.54) is 0 Å². The number of unbranched alkanes of at least 4 members (excludes halogenated alkanes) is 1. The van der Waals surface area contributed by atoms with Crippen LogP contribution in [0.1, 0.15) is 82.8 Å². The zero-order chi connectivity index (χ0) is 20.3. The number of carbonyl (C=O) groups is 2. The van der Waals surface area contributed by atoms with E-state index >= 15 is 0 Å². The van der Waals surface area contributed by atoms with E-state index in [-0.39, 0.29) is 17.4 Å². The van der Waals surface area contributed by atoms with E-state index in [4.69, 9.17) is 14.6 Å². The van der Waals surface area contributed by atoms with Crippen LogP contribution in [0.2, 0.25) is 0 Å². The van der Waals surface area contributed by atoms with Crippen molar-refractivity contribution in [3.63, 3.8) is 0 Å². The minimum absolute atomic E-state index is 0.0692. The summed E-state index contributed by atoms with van der Waals surface area (Å²) in [7, 11) is 0.